The Morgan fingerprint density at radius 1 is 0.681 bits per heavy atom. The third-order valence-corrected chi connectivity index (χ3v) is 12.0. The Labute approximate surface area is 285 Å². The molecule has 0 unspecified atom stereocenters. The van der Waals surface area contributed by atoms with E-state index >= 15 is 0 Å². The fourth-order valence-corrected chi connectivity index (χ4v) is 8.98. The summed E-state index contributed by atoms with van der Waals surface area (Å²) in [6, 6.07) is 23.4. The highest BCUT2D eigenvalue weighted by Crippen LogP contribution is 2.47. The van der Waals surface area contributed by atoms with Crippen molar-refractivity contribution in [3.63, 3.8) is 0 Å². The molecular weight excluding hydrogens is 700 g/mol. The summed E-state index contributed by atoms with van der Waals surface area (Å²) >= 11 is 18.8. The fraction of sp³-hybridized carbons (Fsp3) is 0.257. The predicted octanol–water partition coefficient (Wildman–Crippen LogP) is 10.9. The van der Waals surface area contributed by atoms with Crippen LogP contribution >= 0.6 is 41.9 Å². The highest BCUT2D eigenvalue weighted by atomic mass is 35.5. The Bertz CT molecular complexity index is 1610. The molecule has 4 aromatic carbocycles. The minimum Gasteiger partial charge on any atom is -0.383 e. The second kappa shape index (κ2) is 14.3. The minimum atomic E-state index is -4.95. The van der Waals surface area contributed by atoms with Gasteiger partial charge in [0.2, 0.25) is 0 Å². The minimum absolute atomic E-state index is 0.115. The van der Waals surface area contributed by atoms with Gasteiger partial charge in [0.25, 0.3) is 0 Å². The molecule has 0 aliphatic carbocycles. The average Bonchev–Trinajstić information content (AvgIpc) is 2.97. The monoisotopic (exact) mass is 730 g/mol. The first-order valence-corrected chi connectivity index (χ1v) is 17.3. The van der Waals surface area contributed by atoms with Gasteiger partial charge in [-0.3, -0.25) is 4.74 Å². The molecule has 250 valence electrons. The molecule has 0 bridgehead atoms. The van der Waals surface area contributed by atoms with Crippen molar-refractivity contribution in [2.45, 2.75) is 45.6 Å². The van der Waals surface area contributed by atoms with E-state index < -0.39 is 42.0 Å². The van der Waals surface area contributed by atoms with E-state index in [1.807, 2.05) is 57.2 Å². The van der Waals surface area contributed by atoms with E-state index in [-0.39, 0.29) is 30.3 Å². The molecule has 12 heteroatoms. The van der Waals surface area contributed by atoms with E-state index in [2.05, 4.69) is 11.9 Å². The number of nitrogens with zero attached hydrogens (tertiary/aromatic N) is 1. The summed E-state index contributed by atoms with van der Waals surface area (Å²) in [5, 5.41) is 7.64. The maximum Gasteiger partial charge on any atom is 0.416 e. The number of nitrogens with one attached hydrogen (secondary N) is 1. The van der Waals surface area contributed by atoms with Crippen molar-refractivity contribution in [1.29, 1.82) is 0 Å². The van der Waals surface area contributed by atoms with Crippen LogP contribution in [0.25, 0.3) is 0 Å². The van der Waals surface area contributed by atoms with Gasteiger partial charge in [0.1, 0.15) is 0 Å². The van der Waals surface area contributed by atoms with Crippen LogP contribution < -0.4 is 21.2 Å². The summed E-state index contributed by atoms with van der Waals surface area (Å²) in [4.78, 5) is 0. The molecule has 0 saturated carbocycles. The maximum absolute atomic E-state index is 13.5. The molecule has 4 aromatic rings. The zero-order valence-corrected chi connectivity index (χ0v) is 28.8. The van der Waals surface area contributed by atoms with E-state index in [0.29, 0.717) is 15.1 Å². The summed E-state index contributed by atoms with van der Waals surface area (Å²) in [5.41, 5.74) is -3.13. The van der Waals surface area contributed by atoms with Crippen LogP contribution in [0.5, 0.6) is 0 Å². The number of rotatable bonds is 9. The van der Waals surface area contributed by atoms with Gasteiger partial charge in [-0.15, -0.1) is 0 Å². The van der Waals surface area contributed by atoms with E-state index in [9.17, 15) is 26.3 Å². The molecule has 0 saturated heterocycles. The number of alkyl halides is 6. The molecule has 0 aliphatic rings. The van der Waals surface area contributed by atoms with Gasteiger partial charge in [-0.25, -0.2) is 0 Å². The lowest BCUT2D eigenvalue weighted by Gasteiger charge is -2.34. The Morgan fingerprint density at radius 2 is 1.04 bits per heavy atom. The van der Waals surface area contributed by atoms with Crippen LogP contribution in [0.15, 0.2) is 108 Å². The molecule has 0 aromatic heterocycles. The van der Waals surface area contributed by atoms with Crippen molar-refractivity contribution < 1.29 is 26.3 Å². The van der Waals surface area contributed by atoms with Crippen molar-refractivity contribution in [2.24, 2.45) is 10.2 Å². The molecule has 2 nitrogen and oxygen atoms in total. The van der Waals surface area contributed by atoms with E-state index in [4.69, 9.17) is 39.5 Å². The zero-order valence-electron chi connectivity index (χ0n) is 25.7. The summed E-state index contributed by atoms with van der Waals surface area (Å²) in [6.07, 6.45) is -10.2. The van der Waals surface area contributed by atoms with Crippen LogP contribution in [-0.4, -0.2) is 12.6 Å². The van der Waals surface area contributed by atoms with Gasteiger partial charge in [0.15, 0.2) is 0 Å². The van der Waals surface area contributed by atoms with Gasteiger partial charge >= 0.3 is 12.4 Å². The number of benzene rings is 4. The van der Waals surface area contributed by atoms with E-state index in [1.165, 1.54) is 0 Å². The van der Waals surface area contributed by atoms with Gasteiger partial charge < -0.3 is 5.32 Å². The van der Waals surface area contributed by atoms with E-state index in [1.54, 1.807) is 36.4 Å². The van der Waals surface area contributed by atoms with Crippen LogP contribution in [0.1, 0.15) is 37.5 Å². The number of allylic oxidation sites excluding steroid dienone is 1. The smallest absolute Gasteiger partial charge is 0.383 e. The summed E-state index contributed by atoms with van der Waals surface area (Å²) in [6.45, 7) is 10.1. The Kier molecular flexibility index (Phi) is 11.2. The van der Waals surface area contributed by atoms with Crippen molar-refractivity contribution in [3.05, 3.63) is 135 Å². The lowest BCUT2D eigenvalue weighted by molar-refractivity contribution is -0.143. The Hall–Kier alpha value is -2.90. The van der Waals surface area contributed by atoms with Crippen LogP contribution in [0.3, 0.4) is 0 Å². The first-order valence-electron chi connectivity index (χ1n) is 14.4. The Balaban J connectivity index is 1.80. The largest absolute Gasteiger partial charge is 0.416 e. The van der Waals surface area contributed by atoms with Crippen molar-refractivity contribution >= 4 is 57.8 Å². The molecule has 0 amide bonds. The van der Waals surface area contributed by atoms with Crippen LogP contribution in [0.2, 0.25) is 15.1 Å². The summed E-state index contributed by atoms with van der Waals surface area (Å²) in [7, 11) is -2.77. The molecule has 47 heavy (non-hydrogen) atoms. The highest BCUT2D eigenvalue weighted by Gasteiger charge is 2.37. The number of halogens is 9. The second-order valence-corrected chi connectivity index (χ2v) is 16.6. The fourth-order valence-electron chi connectivity index (χ4n) is 5.07. The molecule has 0 aliphatic heterocycles. The van der Waals surface area contributed by atoms with Gasteiger partial charge in [0.05, 0.1) is 30.8 Å². The summed E-state index contributed by atoms with van der Waals surface area (Å²) < 4.78 is 86.5. The SMILES string of the molecule is C=C(Cc1cc(C(F)(F)F)cc(C(F)(F)F)c1)N[C@H](CN=P(c1ccc(Cl)cc1)(c1ccc(Cl)cc1)c1ccc(Cl)cc1)C(C)(C)C. The maximum atomic E-state index is 13.5. The molecule has 0 fully saturated rings. The van der Waals surface area contributed by atoms with Gasteiger partial charge in [-0.1, -0.05) is 98.6 Å². The first kappa shape index (κ1) is 36.9. The lowest BCUT2D eigenvalue weighted by Crippen LogP contribution is -2.42. The van der Waals surface area contributed by atoms with Crippen molar-refractivity contribution in [2.75, 3.05) is 6.54 Å². The molecule has 0 heterocycles. The number of hydrogen-bond acceptors (Lipinski definition) is 2. The lowest BCUT2D eigenvalue weighted by atomic mass is 9.86. The topological polar surface area (TPSA) is 24.4 Å². The van der Waals surface area contributed by atoms with Crippen molar-refractivity contribution in [1.82, 2.24) is 5.32 Å². The van der Waals surface area contributed by atoms with Crippen LogP contribution in [0, 0.1) is 5.41 Å². The second-order valence-electron chi connectivity index (χ2n) is 12.1. The summed E-state index contributed by atoms with van der Waals surface area (Å²) in [5.74, 6) is 0. The average molecular weight is 732 g/mol. The molecule has 0 spiro atoms. The molecular formula is C35H32Cl3F6N2P. The predicted molar refractivity (Wildman–Crippen MR) is 183 cm³/mol. The van der Waals surface area contributed by atoms with Gasteiger partial charge in [0, 0.05) is 43.1 Å². The van der Waals surface area contributed by atoms with Crippen LogP contribution in [0.4, 0.5) is 26.3 Å². The standard InChI is InChI=1S/C35H32Cl3F6N2P/c1-22(17-23-18-24(34(39,40)41)20-25(19-23)35(42,43)44)46-32(33(2,3)4)21-45-47(29-11-5-26(36)6-12-29,30-13-7-27(37)8-14-30)31-15-9-28(38)10-16-31/h5-16,18-20,32,46H,1,17,21H2,2-4H3/t32-/m1/s1. The molecule has 1 atom stereocenters. The Morgan fingerprint density at radius 3 is 1.36 bits per heavy atom. The number of hydrogen-bond donors (Lipinski definition) is 1. The first-order chi connectivity index (χ1) is 21.8. The highest BCUT2D eigenvalue weighted by molar-refractivity contribution is 7.87. The van der Waals surface area contributed by atoms with Gasteiger partial charge in [-0.05, 0) is 65.6 Å². The quantitative estimate of drug-likeness (QED) is 0.135. The molecule has 0 radical (unpaired) electrons. The van der Waals surface area contributed by atoms with Crippen molar-refractivity contribution in [3.8, 4) is 0 Å². The van der Waals surface area contributed by atoms with Gasteiger partial charge in [-0.2, -0.15) is 26.3 Å². The van der Waals surface area contributed by atoms with E-state index in [0.717, 1.165) is 28.0 Å². The third kappa shape index (κ3) is 9.17. The third-order valence-electron chi connectivity index (χ3n) is 7.57. The molecule has 4 rings (SSSR count). The zero-order chi connectivity index (χ0) is 34.8. The normalized spacial score (nSPS) is 13.3. The molecule has 1 N–H and O–H groups in total. The van der Waals surface area contributed by atoms with Crippen LogP contribution in [-0.2, 0) is 18.8 Å².